The lowest BCUT2D eigenvalue weighted by Gasteiger charge is -2.18. The van der Waals surface area contributed by atoms with E-state index in [9.17, 15) is 8.42 Å². The highest BCUT2D eigenvalue weighted by atomic mass is 32.2. The van der Waals surface area contributed by atoms with Gasteiger partial charge in [-0.3, -0.25) is 0 Å². The molecule has 3 N–H and O–H groups in total. The smallest absolute Gasteiger partial charge is 0.216 e. The standard InChI is InChI=1S/C7H16N2O2S/c1-6(9-12(8,10)11)7-4-2-3-5-7/h6-7,9H,2-5H2,1H3,(H2,8,10,11). The lowest BCUT2D eigenvalue weighted by molar-refractivity contribution is 0.424. The predicted molar refractivity (Wildman–Crippen MR) is 47.7 cm³/mol. The van der Waals surface area contributed by atoms with E-state index in [4.69, 9.17) is 5.14 Å². The van der Waals surface area contributed by atoms with Crippen molar-refractivity contribution in [2.75, 3.05) is 0 Å². The fourth-order valence-corrected chi connectivity index (χ4v) is 2.52. The van der Waals surface area contributed by atoms with Crippen LogP contribution in [0.15, 0.2) is 0 Å². The van der Waals surface area contributed by atoms with Crippen LogP contribution in [0.1, 0.15) is 32.6 Å². The van der Waals surface area contributed by atoms with E-state index in [1.54, 1.807) is 0 Å². The summed E-state index contributed by atoms with van der Waals surface area (Å²) in [7, 11) is -3.51. The van der Waals surface area contributed by atoms with Crippen LogP contribution >= 0.6 is 0 Å². The number of nitrogens with one attached hydrogen (secondary N) is 1. The van der Waals surface area contributed by atoms with E-state index < -0.39 is 10.2 Å². The molecule has 0 radical (unpaired) electrons. The second-order valence-electron chi connectivity index (χ2n) is 3.50. The van der Waals surface area contributed by atoms with Crippen LogP contribution in [-0.4, -0.2) is 14.5 Å². The highest BCUT2D eigenvalue weighted by Crippen LogP contribution is 2.27. The molecule has 12 heavy (non-hydrogen) atoms. The summed E-state index contributed by atoms with van der Waals surface area (Å²) in [6.07, 6.45) is 4.65. The van der Waals surface area contributed by atoms with E-state index in [-0.39, 0.29) is 6.04 Å². The molecule has 1 saturated carbocycles. The van der Waals surface area contributed by atoms with Gasteiger partial charge in [-0.05, 0) is 25.7 Å². The molecule has 1 atom stereocenters. The van der Waals surface area contributed by atoms with Gasteiger partial charge >= 0.3 is 0 Å². The third kappa shape index (κ3) is 3.08. The Morgan fingerprint density at radius 1 is 1.42 bits per heavy atom. The molecule has 0 aromatic heterocycles. The molecule has 72 valence electrons. The molecule has 1 unspecified atom stereocenters. The Labute approximate surface area is 73.7 Å². The molecule has 1 rings (SSSR count). The van der Waals surface area contributed by atoms with E-state index in [0.717, 1.165) is 12.8 Å². The lowest BCUT2D eigenvalue weighted by atomic mass is 10.0. The van der Waals surface area contributed by atoms with Crippen molar-refractivity contribution in [2.45, 2.75) is 38.6 Å². The predicted octanol–water partition coefficient (Wildman–Crippen LogP) is 0.358. The van der Waals surface area contributed by atoms with Crippen molar-refractivity contribution < 1.29 is 8.42 Å². The zero-order valence-corrected chi connectivity index (χ0v) is 8.10. The largest absolute Gasteiger partial charge is 0.274 e. The van der Waals surface area contributed by atoms with E-state index in [0.29, 0.717) is 5.92 Å². The Kier molecular flexibility index (Phi) is 3.09. The molecular formula is C7H16N2O2S. The highest BCUT2D eigenvalue weighted by Gasteiger charge is 2.23. The summed E-state index contributed by atoms with van der Waals surface area (Å²) >= 11 is 0. The Morgan fingerprint density at radius 3 is 2.33 bits per heavy atom. The van der Waals surface area contributed by atoms with Crippen LogP contribution in [-0.2, 0) is 10.2 Å². The van der Waals surface area contributed by atoms with Crippen molar-refractivity contribution in [3.05, 3.63) is 0 Å². The number of hydrogen-bond acceptors (Lipinski definition) is 2. The van der Waals surface area contributed by atoms with Crippen LogP contribution in [0.25, 0.3) is 0 Å². The summed E-state index contributed by atoms with van der Waals surface area (Å²) in [6, 6.07) is -0.0116. The van der Waals surface area contributed by atoms with E-state index in [2.05, 4.69) is 4.72 Å². The van der Waals surface area contributed by atoms with Crippen LogP contribution in [0.3, 0.4) is 0 Å². The van der Waals surface area contributed by atoms with Gasteiger partial charge in [-0.25, -0.2) is 5.14 Å². The first-order valence-corrected chi connectivity index (χ1v) is 5.84. The van der Waals surface area contributed by atoms with E-state index in [1.807, 2.05) is 6.92 Å². The third-order valence-corrected chi connectivity index (χ3v) is 3.16. The van der Waals surface area contributed by atoms with Crippen LogP contribution in [0, 0.1) is 5.92 Å². The first-order chi connectivity index (χ1) is 5.49. The van der Waals surface area contributed by atoms with Gasteiger partial charge in [-0.2, -0.15) is 13.1 Å². The van der Waals surface area contributed by atoms with Gasteiger partial charge in [0.15, 0.2) is 0 Å². The SMILES string of the molecule is CC(NS(N)(=O)=O)C1CCCC1. The first-order valence-electron chi connectivity index (χ1n) is 4.29. The topological polar surface area (TPSA) is 72.2 Å². The summed E-state index contributed by atoms with van der Waals surface area (Å²) in [6.45, 7) is 1.88. The van der Waals surface area contributed by atoms with Gasteiger partial charge in [0.25, 0.3) is 10.2 Å². The maximum Gasteiger partial charge on any atom is 0.274 e. The van der Waals surface area contributed by atoms with Gasteiger partial charge in [0, 0.05) is 6.04 Å². The molecule has 0 aliphatic heterocycles. The Hall–Kier alpha value is -0.130. The summed E-state index contributed by atoms with van der Waals surface area (Å²) in [5.41, 5.74) is 0. The quantitative estimate of drug-likeness (QED) is 0.677. The number of rotatable bonds is 3. The maximum atomic E-state index is 10.7. The second-order valence-corrected chi connectivity index (χ2v) is 4.82. The van der Waals surface area contributed by atoms with Gasteiger partial charge < -0.3 is 0 Å². The fourth-order valence-electron chi connectivity index (χ4n) is 1.81. The first kappa shape index (κ1) is 9.95. The monoisotopic (exact) mass is 192 g/mol. The molecule has 0 spiro atoms. The number of hydrogen-bond donors (Lipinski definition) is 2. The molecule has 4 nitrogen and oxygen atoms in total. The Bertz CT molecular complexity index is 232. The lowest BCUT2D eigenvalue weighted by Crippen LogP contribution is -2.41. The molecule has 0 amide bonds. The molecule has 0 bridgehead atoms. The average molecular weight is 192 g/mol. The summed E-state index contributed by atoms with van der Waals surface area (Å²) < 4.78 is 23.7. The van der Waals surface area contributed by atoms with Crippen molar-refractivity contribution in [1.82, 2.24) is 4.72 Å². The molecule has 0 saturated heterocycles. The molecule has 1 fully saturated rings. The molecule has 1 aliphatic rings. The zero-order chi connectivity index (χ0) is 9.19. The van der Waals surface area contributed by atoms with Crippen molar-refractivity contribution >= 4 is 10.2 Å². The van der Waals surface area contributed by atoms with Gasteiger partial charge in [0.2, 0.25) is 0 Å². The van der Waals surface area contributed by atoms with E-state index in [1.165, 1.54) is 12.8 Å². The average Bonchev–Trinajstić information content (AvgIpc) is 2.32. The maximum absolute atomic E-state index is 10.7. The fraction of sp³-hybridized carbons (Fsp3) is 1.00. The Morgan fingerprint density at radius 2 is 1.92 bits per heavy atom. The van der Waals surface area contributed by atoms with Crippen molar-refractivity contribution in [3.63, 3.8) is 0 Å². The zero-order valence-electron chi connectivity index (χ0n) is 7.29. The van der Waals surface area contributed by atoms with Gasteiger partial charge in [-0.1, -0.05) is 12.8 Å². The molecular weight excluding hydrogens is 176 g/mol. The van der Waals surface area contributed by atoms with Crippen molar-refractivity contribution in [1.29, 1.82) is 0 Å². The van der Waals surface area contributed by atoms with Crippen LogP contribution < -0.4 is 9.86 Å². The minimum Gasteiger partial charge on any atom is -0.216 e. The van der Waals surface area contributed by atoms with Crippen molar-refractivity contribution in [2.24, 2.45) is 11.1 Å². The van der Waals surface area contributed by atoms with Crippen LogP contribution in [0.2, 0.25) is 0 Å². The molecule has 0 heterocycles. The third-order valence-electron chi connectivity index (χ3n) is 2.46. The van der Waals surface area contributed by atoms with Gasteiger partial charge in [0.05, 0.1) is 0 Å². The molecule has 0 aromatic carbocycles. The van der Waals surface area contributed by atoms with Gasteiger partial charge in [-0.15, -0.1) is 0 Å². The second kappa shape index (κ2) is 3.72. The van der Waals surface area contributed by atoms with Crippen molar-refractivity contribution in [3.8, 4) is 0 Å². The minimum atomic E-state index is -3.51. The Balaban J connectivity index is 2.42. The van der Waals surface area contributed by atoms with Crippen LogP contribution in [0.4, 0.5) is 0 Å². The summed E-state index contributed by atoms with van der Waals surface area (Å²) in [5.74, 6) is 0.475. The van der Waals surface area contributed by atoms with E-state index >= 15 is 0 Å². The highest BCUT2D eigenvalue weighted by molar-refractivity contribution is 7.87. The molecule has 1 aliphatic carbocycles. The van der Waals surface area contributed by atoms with Gasteiger partial charge in [0.1, 0.15) is 0 Å². The normalized spacial score (nSPS) is 22.8. The molecule has 5 heteroatoms. The van der Waals surface area contributed by atoms with Crippen LogP contribution in [0.5, 0.6) is 0 Å². The summed E-state index contributed by atoms with van der Waals surface area (Å²) in [5, 5.41) is 4.87. The number of nitrogens with two attached hydrogens (primary N) is 1. The summed E-state index contributed by atoms with van der Waals surface area (Å²) in [4.78, 5) is 0. The molecule has 0 aromatic rings. The minimum absolute atomic E-state index is 0.0116.